The van der Waals surface area contributed by atoms with Gasteiger partial charge in [-0.1, -0.05) is 0 Å². The fraction of sp³-hybridized carbons (Fsp3) is 0. The predicted octanol–water partition coefficient (Wildman–Crippen LogP) is 1.54. The largest absolute Gasteiger partial charge is 0.276 e. The average molecular weight is 262 g/mol. The summed E-state index contributed by atoms with van der Waals surface area (Å²) < 4.78 is 35.2. The van der Waals surface area contributed by atoms with E-state index < -0.39 is 14.9 Å². The van der Waals surface area contributed by atoms with Gasteiger partial charge in [-0.05, 0) is 6.07 Å². The van der Waals surface area contributed by atoms with Crippen LogP contribution in [0.2, 0.25) is 0 Å². The van der Waals surface area contributed by atoms with Gasteiger partial charge in [-0.25, -0.2) is 12.8 Å². The Balaban J connectivity index is 2.62. The Hall–Kier alpha value is -1.47. The number of aromatic amines is 1. The molecule has 0 unspecified atom stereocenters. The zero-order chi connectivity index (χ0) is 11.8. The SMILES string of the molecule is O=S(=O)(Cl)c1cn[nH]c1-c1cncc(F)c1. The third-order valence-electron chi connectivity index (χ3n) is 1.86. The summed E-state index contributed by atoms with van der Waals surface area (Å²) in [6.45, 7) is 0. The molecule has 2 rings (SSSR count). The van der Waals surface area contributed by atoms with Crippen LogP contribution in [0.3, 0.4) is 0 Å². The summed E-state index contributed by atoms with van der Waals surface area (Å²) in [6.07, 6.45) is 3.37. The summed E-state index contributed by atoms with van der Waals surface area (Å²) in [7, 11) is 1.27. The summed E-state index contributed by atoms with van der Waals surface area (Å²) >= 11 is 0. The number of hydrogen-bond acceptors (Lipinski definition) is 4. The molecule has 0 fully saturated rings. The molecule has 0 bridgehead atoms. The summed E-state index contributed by atoms with van der Waals surface area (Å²) in [5.74, 6) is -0.579. The first-order chi connectivity index (χ1) is 7.48. The summed E-state index contributed by atoms with van der Waals surface area (Å²) in [5, 5.41) is 5.99. The normalized spacial score (nSPS) is 11.6. The van der Waals surface area contributed by atoms with E-state index in [2.05, 4.69) is 15.2 Å². The van der Waals surface area contributed by atoms with Crippen LogP contribution >= 0.6 is 10.7 Å². The second kappa shape index (κ2) is 3.84. The molecule has 0 spiro atoms. The summed E-state index contributed by atoms with van der Waals surface area (Å²) in [4.78, 5) is 3.40. The van der Waals surface area contributed by atoms with E-state index in [4.69, 9.17) is 10.7 Å². The molecular formula is C8H5ClFN3O2S. The molecule has 0 aliphatic heterocycles. The molecule has 16 heavy (non-hydrogen) atoms. The zero-order valence-electron chi connectivity index (χ0n) is 7.68. The van der Waals surface area contributed by atoms with Crippen LogP contribution < -0.4 is 0 Å². The minimum Gasteiger partial charge on any atom is -0.276 e. The Morgan fingerprint density at radius 2 is 2.06 bits per heavy atom. The molecule has 0 saturated carbocycles. The Morgan fingerprint density at radius 3 is 2.69 bits per heavy atom. The number of hydrogen-bond donors (Lipinski definition) is 1. The van der Waals surface area contributed by atoms with Crippen molar-refractivity contribution in [2.45, 2.75) is 4.90 Å². The molecule has 5 nitrogen and oxygen atoms in total. The molecule has 0 aliphatic carbocycles. The van der Waals surface area contributed by atoms with Gasteiger partial charge in [0.25, 0.3) is 9.05 Å². The number of nitrogens with zero attached hydrogens (tertiary/aromatic N) is 2. The number of H-pyrrole nitrogens is 1. The van der Waals surface area contributed by atoms with Gasteiger partial charge in [-0.3, -0.25) is 10.1 Å². The lowest BCUT2D eigenvalue weighted by Gasteiger charge is -1.99. The number of rotatable bonds is 2. The number of nitrogens with one attached hydrogen (secondary N) is 1. The van der Waals surface area contributed by atoms with E-state index in [0.29, 0.717) is 0 Å². The van der Waals surface area contributed by atoms with Gasteiger partial charge in [0, 0.05) is 22.4 Å². The smallest absolute Gasteiger partial charge is 0.265 e. The Labute approximate surface area is 94.7 Å². The van der Waals surface area contributed by atoms with Gasteiger partial charge in [0.1, 0.15) is 10.7 Å². The second-order valence-electron chi connectivity index (χ2n) is 2.94. The van der Waals surface area contributed by atoms with E-state index in [9.17, 15) is 12.8 Å². The molecule has 0 amide bonds. The molecule has 0 saturated heterocycles. The first-order valence-electron chi connectivity index (χ1n) is 4.07. The van der Waals surface area contributed by atoms with Crippen LogP contribution in [0.4, 0.5) is 4.39 Å². The van der Waals surface area contributed by atoms with Crippen LogP contribution in [0.15, 0.2) is 29.6 Å². The highest BCUT2D eigenvalue weighted by molar-refractivity contribution is 8.13. The maximum Gasteiger partial charge on any atom is 0.265 e. The van der Waals surface area contributed by atoms with Gasteiger partial charge < -0.3 is 0 Å². The quantitative estimate of drug-likeness (QED) is 0.832. The van der Waals surface area contributed by atoms with E-state index in [1.54, 1.807) is 0 Å². The van der Waals surface area contributed by atoms with Crippen molar-refractivity contribution in [3.8, 4) is 11.3 Å². The molecule has 0 aliphatic rings. The first kappa shape index (κ1) is 11.0. The zero-order valence-corrected chi connectivity index (χ0v) is 9.26. The fourth-order valence-electron chi connectivity index (χ4n) is 1.22. The van der Waals surface area contributed by atoms with Crippen LogP contribution in [-0.2, 0) is 9.05 Å². The molecule has 0 aromatic carbocycles. The van der Waals surface area contributed by atoms with Gasteiger partial charge in [-0.2, -0.15) is 5.10 Å². The second-order valence-corrected chi connectivity index (χ2v) is 5.47. The van der Waals surface area contributed by atoms with Crippen LogP contribution in [-0.4, -0.2) is 23.6 Å². The minimum absolute atomic E-state index is 0.113. The standard InChI is InChI=1S/C8H5ClFN3O2S/c9-16(14,15)7-4-12-13-8(7)5-1-6(10)3-11-2-5/h1-4H,(H,12,13). The molecule has 8 heteroatoms. The van der Waals surface area contributed by atoms with Crippen molar-refractivity contribution in [2.24, 2.45) is 0 Å². The number of pyridine rings is 1. The summed E-state index contributed by atoms with van der Waals surface area (Å²) in [6, 6.07) is 1.13. The highest BCUT2D eigenvalue weighted by Crippen LogP contribution is 2.26. The maximum atomic E-state index is 12.9. The average Bonchev–Trinajstić information content (AvgIpc) is 2.65. The Bertz CT molecular complexity index is 626. The molecule has 2 aromatic rings. The van der Waals surface area contributed by atoms with Crippen molar-refractivity contribution in [2.75, 3.05) is 0 Å². The van der Waals surface area contributed by atoms with Crippen molar-refractivity contribution in [3.05, 3.63) is 30.5 Å². The van der Waals surface area contributed by atoms with Crippen LogP contribution in [0.1, 0.15) is 0 Å². The minimum atomic E-state index is -3.92. The highest BCUT2D eigenvalue weighted by Gasteiger charge is 2.19. The molecule has 84 valence electrons. The molecule has 1 N–H and O–H groups in total. The van der Waals surface area contributed by atoms with Crippen molar-refractivity contribution >= 4 is 19.7 Å². The third-order valence-corrected chi connectivity index (χ3v) is 3.19. The monoisotopic (exact) mass is 261 g/mol. The number of halogens is 2. The highest BCUT2D eigenvalue weighted by atomic mass is 35.7. The topological polar surface area (TPSA) is 75.7 Å². The summed E-state index contributed by atoms with van der Waals surface area (Å²) in [5.41, 5.74) is 0.374. The molecule has 0 atom stereocenters. The van der Waals surface area contributed by atoms with Gasteiger partial charge in [0.2, 0.25) is 0 Å². The Kier molecular flexibility index (Phi) is 2.64. The lowest BCUT2D eigenvalue weighted by Crippen LogP contribution is -1.92. The molecule has 0 radical (unpaired) electrons. The van der Waals surface area contributed by atoms with Gasteiger partial charge >= 0.3 is 0 Å². The van der Waals surface area contributed by atoms with Crippen LogP contribution in [0, 0.1) is 5.82 Å². The number of aromatic nitrogens is 3. The van der Waals surface area contributed by atoms with E-state index >= 15 is 0 Å². The lowest BCUT2D eigenvalue weighted by atomic mass is 10.2. The van der Waals surface area contributed by atoms with Crippen molar-refractivity contribution in [1.82, 2.24) is 15.2 Å². The van der Waals surface area contributed by atoms with Gasteiger partial charge in [0.15, 0.2) is 0 Å². The first-order valence-corrected chi connectivity index (χ1v) is 6.38. The Morgan fingerprint density at radius 1 is 1.31 bits per heavy atom. The van der Waals surface area contributed by atoms with Crippen LogP contribution in [0.25, 0.3) is 11.3 Å². The third kappa shape index (κ3) is 2.05. The van der Waals surface area contributed by atoms with E-state index in [1.807, 2.05) is 0 Å². The van der Waals surface area contributed by atoms with E-state index in [-0.39, 0.29) is 16.2 Å². The van der Waals surface area contributed by atoms with Crippen LogP contribution in [0.5, 0.6) is 0 Å². The van der Waals surface area contributed by atoms with Gasteiger partial charge in [-0.15, -0.1) is 0 Å². The molecular weight excluding hydrogens is 257 g/mol. The fourth-order valence-corrected chi connectivity index (χ4v) is 2.15. The van der Waals surface area contributed by atoms with Crippen molar-refractivity contribution in [3.63, 3.8) is 0 Å². The molecule has 2 aromatic heterocycles. The van der Waals surface area contributed by atoms with Crippen molar-refractivity contribution in [1.29, 1.82) is 0 Å². The van der Waals surface area contributed by atoms with Crippen molar-refractivity contribution < 1.29 is 12.8 Å². The van der Waals surface area contributed by atoms with E-state index in [1.165, 1.54) is 6.20 Å². The lowest BCUT2D eigenvalue weighted by molar-refractivity contribution is 0.609. The van der Waals surface area contributed by atoms with E-state index in [0.717, 1.165) is 18.5 Å². The molecule has 2 heterocycles. The van der Waals surface area contributed by atoms with Gasteiger partial charge in [0.05, 0.1) is 18.1 Å². The maximum absolute atomic E-state index is 12.9. The predicted molar refractivity (Wildman–Crippen MR) is 54.8 cm³/mol.